The van der Waals surface area contributed by atoms with Crippen molar-refractivity contribution < 1.29 is 4.79 Å². The number of allylic oxidation sites excluding steroid dienone is 1. The molecule has 0 aliphatic carbocycles. The SMILES string of the molecule is C/C=C(\NC=NC(C)(C)C)NC1CN(CCSCC)C1.CC.CC(=O)N1CCC(Nc2ccncn2)C1. The molecule has 2 saturated heterocycles. The standard InChI is InChI=1S/C15H30N4S.C10H14N4O.C2H6/c1-6-14(16-12-17-15(3,4)5)18-13-10-19(11-13)8-9-20-7-2;1-8(15)14-5-3-9(6-14)13-10-2-4-11-7-12-10;1-2/h6,12-13,18H,7-11H2,1-5H3,(H,16,17);2,4,7,9H,3,5-6H2,1H3,(H,11,12,13);1-2H3/b14-6+;;. The summed E-state index contributed by atoms with van der Waals surface area (Å²) in [5.74, 6) is 4.47. The van der Waals surface area contributed by atoms with E-state index in [0.29, 0.717) is 12.1 Å². The molecule has 37 heavy (non-hydrogen) atoms. The topological polar surface area (TPSA) is 97.8 Å². The zero-order chi connectivity index (χ0) is 27.7. The highest BCUT2D eigenvalue weighted by atomic mass is 32.2. The quantitative estimate of drug-likeness (QED) is 0.237. The van der Waals surface area contributed by atoms with Crippen molar-refractivity contribution in [3.63, 3.8) is 0 Å². The van der Waals surface area contributed by atoms with Gasteiger partial charge in [-0.15, -0.1) is 0 Å². The first-order valence-electron chi connectivity index (χ1n) is 13.5. The lowest BCUT2D eigenvalue weighted by molar-refractivity contribution is -0.127. The number of rotatable bonds is 10. The monoisotopic (exact) mass is 534 g/mol. The Morgan fingerprint density at radius 2 is 1.97 bits per heavy atom. The first-order chi connectivity index (χ1) is 17.7. The number of hydrogen-bond donors (Lipinski definition) is 3. The van der Waals surface area contributed by atoms with Crippen molar-refractivity contribution in [1.82, 2.24) is 30.4 Å². The third kappa shape index (κ3) is 14.3. The van der Waals surface area contributed by atoms with Crippen LogP contribution < -0.4 is 16.0 Å². The summed E-state index contributed by atoms with van der Waals surface area (Å²) in [6.07, 6.45) is 8.04. The second kappa shape index (κ2) is 18.0. The van der Waals surface area contributed by atoms with Gasteiger partial charge in [0.25, 0.3) is 0 Å². The van der Waals surface area contributed by atoms with Gasteiger partial charge in [0.05, 0.1) is 23.7 Å². The van der Waals surface area contributed by atoms with Gasteiger partial charge in [-0.2, -0.15) is 11.8 Å². The number of likely N-dealkylation sites (tertiary alicyclic amines) is 2. The van der Waals surface area contributed by atoms with Crippen LogP contribution in [0.5, 0.6) is 0 Å². The Hall–Kier alpha value is -2.33. The van der Waals surface area contributed by atoms with Crippen molar-refractivity contribution in [3.05, 3.63) is 30.5 Å². The molecule has 210 valence electrons. The summed E-state index contributed by atoms with van der Waals surface area (Å²) in [6.45, 7) is 21.2. The molecule has 2 aliphatic heterocycles. The molecule has 1 aromatic rings. The Bertz CT molecular complexity index is 806. The smallest absolute Gasteiger partial charge is 0.219 e. The number of hydrogen-bond acceptors (Lipinski definition) is 8. The van der Waals surface area contributed by atoms with E-state index in [1.54, 1.807) is 19.5 Å². The molecule has 3 rings (SSSR count). The van der Waals surface area contributed by atoms with Gasteiger partial charge < -0.3 is 20.9 Å². The van der Waals surface area contributed by atoms with Gasteiger partial charge in [-0.1, -0.05) is 20.8 Å². The number of nitrogens with one attached hydrogen (secondary N) is 3. The van der Waals surface area contributed by atoms with E-state index >= 15 is 0 Å². The molecule has 0 radical (unpaired) electrons. The molecule has 0 spiro atoms. The highest BCUT2D eigenvalue weighted by Crippen LogP contribution is 2.13. The van der Waals surface area contributed by atoms with Crippen LogP contribution >= 0.6 is 11.8 Å². The maximum absolute atomic E-state index is 11.1. The van der Waals surface area contributed by atoms with Crippen LogP contribution in [0.15, 0.2) is 35.5 Å². The largest absolute Gasteiger partial charge is 0.367 e. The van der Waals surface area contributed by atoms with Crippen LogP contribution in [-0.4, -0.2) is 93.9 Å². The summed E-state index contributed by atoms with van der Waals surface area (Å²) in [5, 5.41) is 10.0. The molecule has 0 bridgehead atoms. The average Bonchev–Trinajstić information content (AvgIpc) is 3.32. The van der Waals surface area contributed by atoms with E-state index < -0.39 is 0 Å². The molecule has 0 aromatic carbocycles. The van der Waals surface area contributed by atoms with E-state index in [1.165, 1.54) is 24.4 Å². The molecule has 2 aliphatic rings. The predicted molar refractivity (Wildman–Crippen MR) is 159 cm³/mol. The van der Waals surface area contributed by atoms with Crippen LogP contribution in [0.25, 0.3) is 0 Å². The third-order valence-electron chi connectivity index (χ3n) is 5.60. The first-order valence-corrected chi connectivity index (χ1v) is 14.7. The summed E-state index contributed by atoms with van der Waals surface area (Å²) < 4.78 is 0. The summed E-state index contributed by atoms with van der Waals surface area (Å²) in [6, 6.07) is 2.70. The summed E-state index contributed by atoms with van der Waals surface area (Å²) in [5.41, 5.74) is -0.0317. The zero-order valence-corrected chi connectivity index (χ0v) is 25.1. The van der Waals surface area contributed by atoms with Crippen molar-refractivity contribution in [1.29, 1.82) is 0 Å². The molecule has 3 N–H and O–H groups in total. The summed E-state index contributed by atoms with van der Waals surface area (Å²) in [4.78, 5) is 27.8. The van der Waals surface area contributed by atoms with Crippen LogP contribution in [-0.2, 0) is 4.79 Å². The van der Waals surface area contributed by atoms with Gasteiger partial charge in [-0.05, 0) is 52.0 Å². The number of thioether (sulfide) groups is 1. The second-order valence-corrected chi connectivity index (χ2v) is 11.2. The third-order valence-corrected chi connectivity index (χ3v) is 6.48. The molecule has 1 amide bonds. The van der Waals surface area contributed by atoms with Gasteiger partial charge in [0, 0.05) is 57.6 Å². The summed E-state index contributed by atoms with van der Waals surface area (Å²) in [7, 11) is 0. The molecular weight excluding hydrogens is 484 g/mol. The van der Waals surface area contributed by atoms with E-state index in [9.17, 15) is 4.79 Å². The minimum absolute atomic E-state index is 0.0317. The Balaban J connectivity index is 0.000000357. The number of nitrogens with zero attached hydrogens (tertiary/aromatic N) is 5. The van der Waals surface area contributed by atoms with Crippen molar-refractivity contribution in [2.75, 3.05) is 49.5 Å². The van der Waals surface area contributed by atoms with Crippen molar-refractivity contribution in [3.8, 4) is 0 Å². The number of aliphatic imine (C=N–C) groups is 1. The average molecular weight is 535 g/mol. The minimum atomic E-state index is -0.0317. The van der Waals surface area contributed by atoms with Gasteiger partial charge in [-0.25, -0.2) is 9.97 Å². The summed E-state index contributed by atoms with van der Waals surface area (Å²) >= 11 is 2.02. The predicted octanol–water partition coefficient (Wildman–Crippen LogP) is 3.83. The number of anilines is 1. The van der Waals surface area contributed by atoms with Gasteiger partial charge in [-0.3, -0.25) is 14.7 Å². The Morgan fingerprint density at radius 3 is 2.51 bits per heavy atom. The fourth-order valence-corrected chi connectivity index (χ4v) is 4.33. The van der Waals surface area contributed by atoms with Gasteiger partial charge in [0.15, 0.2) is 0 Å². The maximum Gasteiger partial charge on any atom is 0.219 e. The first kappa shape index (κ1) is 32.7. The van der Waals surface area contributed by atoms with Crippen molar-refractivity contribution in [2.45, 2.75) is 79.4 Å². The second-order valence-electron chi connectivity index (χ2n) is 9.76. The number of carbonyl (C=O) groups is 1. The van der Waals surface area contributed by atoms with Crippen LogP contribution in [0.3, 0.4) is 0 Å². The molecule has 1 aromatic heterocycles. The maximum atomic E-state index is 11.1. The highest BCUT2D eigenvalue weighted by Gasteiger charge is 2.26. The van der Waals surface area contributed by atoms with E-state index in [0.717, 1.165) is 44.2 Å². The number of carbonyl (C=O) groups excluding carboxylic acids is 1. The van der Waals surface area contributed by atoms with Crippen LogP contribution in [0.4, 0.5) is 5.82 Å². The van der Waals surface area contributed by atoms with Crippen LogP contribution in [0.2, 0.25) is 0 Å². The van der Waals surface area contributed by atoms with E-state index in [-0.39, 0.29) is 11.4 Å². The molecule has 10 heteroatoms. The molecule has 1 unspecified atom stereocenters. The van der Waals surface area contributed by atoms with Crippen LogP contribution in [0.1, 0.15) is 61.8 Å². The van der Waals surface area contributed by atoms with Crippen LogP contribution in [0, 0.1) is 0 Å². The normalized spacial score (nSPS) is 18.3. The Labute approximate surface area is 229 Å². The minimum Gasteiger partial charge on any atom is -0.367 e. The Kier molecular flexibility index (Phi) is 15.9. The lowest BCUT2D eigenvalue weighted by atomic mass is 10.1. The lowest BCUT2D eigenvalue weighted by Gasteiger charge is -2.40. The van der Waals surface area contributed by atoms with Gasteiger partial charge >= 0.3 is 0 Å². The van der Waals surface area contributed by atoms with Crippen molar-refractivity contribution >= 4 is 29.8 Å². The van der Waals surface area contributed by atoms with E-state index in [2.05, 4.69) is 69.6 Å². The molecule has 9 nitrogen and oxygen atoms in total. The molecule has 0 saturated carbocycles. The molecule has 1 atom stereocenters. The highest BCUT2D eigenvalue weighted by molar-refractivity contribution is 7.99. The fraction of sp³-hybridized carbons (Fsp3) is 0.704. The van der Waals surface area contributed by atoms with Crippen molar-refractivity contribution in [2.24, 2.45) is 4.99 Å². The van der Waals surface area contributed by atoms with Gasteiger partial charge in [0.2, 0.25) is 5.91 Å². The van der Waals surface area contributed by atoms with E-state index in [4.69, 9.17) is 0 Å². The van der Waals surface area contributed by atoms with E-state index in [1.807, 2.05) is 43.5 Å². The zero-order valence-electron chi connectivity index (χ0n) is 24.3. The molecule has 2 fully saturated rings. The fourth-order valence-electron chi connectivity index (χ4n) is 3.65. The molecule has 3 heterocycles. The number of amides is 1. The number of aromatic nitrogens is 2. The van der Waals surface area contributed by atoms with Gasteiger partial charge in [0.1, 0.15) is 12.1 Å². The molecular formula is C27H50N8OS. The lowest BCUT2D eigenvalue weighted by Crippen LogP contribution is -2.58. The Morgan fingerprint density at radius 1 is 1.24 bits per heavy atom.